The highest BCUT2D eigenvalue weighted by Gasteiger charge is 2.08. The van der Waals surface area contributed by atoms with E-state index in [1.807, 2.05) is 6.92 Å². The molecule has 0 aromatic carbocycles. The van der Waals surface area contributed by atoms with Crippen molar-refractivity contribution in [2.75, 3.05) is 6.54 Å². The highest BCUT2D eigenvalue weighted by Crippen LogP contribution is 2.01. The van der Waals surface area contributed by atoms with Crippen LogP contribution in [0.2, 0.25) is 0 Å². The van der Waals surface area contributed by atoms with Crippen LogP contribution in [0.1, 0.15) is 24.3 Å². The number of rotatable bonds is 6. The lowest BCUT2D eigenvalue weighted by Gasteiger charge is -1.98. The molecule has 3 N–H and O–H groups in total. The van der Waals surface area contributed by atoms with Crippen LogP contribution < -0.4 is 11.1 Å². The number of amides is 1. The number of carbonyl (C=O) groups is 1. The highest BCUT2D eigenvalue weighted by molar-refractivity contribution is 5.77. The molecule has 9 nitrogen and oxygen atoms in total. The Morgan fingerprint density at radius 1 is 1.58 bits per heavy atom. The Kier molecular flexibility index (Phi) is 4.18. The molecule has 0 aliphatic rings. The summed E-state index contributed by atoms with van der Waals surface area (Å²) >= 11 is 0. The lowest BCUT2D eigenvalue weighted by atomic mass is 10.4. The van der Waals surface area contributed by atoms with Crippen molar-refractivity contribution in [2.45, 2.75) is 26.4 Å². The topological polar surface area (TPSA) is 125 Å². The minimum absolute atomic E-state index is 0.0457. The summed E-state index contributed by atoms with van der Waals surface area (Å²) in [5, 5.41) is 14.2. The monoisotopic (exact) mass is 265 g/mol. The van der Waals surface area contributed by atoms with Gasteiger partial charge in [-0.25, -0.2) is 4.68 Å². The first-order chi connectivity index (χ1) is 9.21. The molecule has 102 valence electrons. The van der Waals surface area contributed by atoms with Crippen LogP contribution in [-0.2, 0) is 24.3 Å². The average molecular weight is 265 g/mol. The first kappa shape index (κ1) is 13.1. The molecule has 2 aromatic rings. The van der Waals surface area contributed by atoms with E-state index in [1.165, 1.54) is 0 Å². The zero-order valence-electron chi connectivity index (χ0n) is 10.5. The van der Waals surface area contributed by atoms with Gasteiger partial charge in [-0.3, -0.25) is 4.79 Å². The highest BCUT2D eigenvalue weighted by atomic mass is 16.5. The zero-order chi connectivity index (χ0) is 13.7. The van der Waals surface area contributed by atoms with Crippen molar-refractivity contribution in [3.05, 3.63) is 23.6 Å². The Morgan fingerprint density at radius 3 is 3.11 bits per heavy atom. The quantitative estimate of drug-likeness (QED) is 0.675. The number of aryl methyl sites for hydroxylation is 1. The van der Waals surface area contributed by atoms with Crippen LogP contribution in [0.5, 0.6) is 0 Å². The van der Waals surface area contributed by atoms with Crippen molar-refractivity contribution in [2.24, 2.45) is 5.73 Å². The molecule has 0 unspecified atom stereocenters. The van der Waals surface area contributed by atoms with Crippen LogP contribution in [0.15, 0.2) is 10.7 Å². The molecular formula is C10H15N7O2. The molecule has 0 fully saturated rings. The molecule has 2 heterocycles. The van der Waals surface area contributed by atoms with Gasteiger partial charge in [0.15, 0.2) is 5.82 Å². The van der Waals surface area contributed by atoms with Crippen LogP contribution in [0.25, 0.3) is 0 Å². The molecule has 1 amide bonds. The smallest absolute Gasteiger partial charge is 0.248 e. The van der Waals surface area contributed by atoms with Crippen molar-refractivity contribution in [3.8, 4) is 0 Å². The maximum Gasteiger partial charge on any atom is 0.248 e. The van der Waals surface area contributed by atoms with E-state index in [0.29, 0.717) is 30.5 Å². The molecular weight excluding hydrogens is 250 g/mol. The maximum atomic E-state index is 11.0. The number of hydrogen-bond donors (Lipinski definition) is 2. The molecule has 9 heteroatoms. The van der Waals surface area contributed by atoms with Gasteiger partial charge in [-0.2, -0.15) is 4.98 Å². The van der Waals surface area contributed by atoms with E-state index in [0.717, 1.165) is 6.42 Å². The maximum absolute atomic E-state index is 11.0. The van der Waals surface area contributed by atoms with Crippen molar-refractivity contribution >= 4 is 5.91 Å². The van der Waals surface area contributed by atoms with Crippen molar-refractivity contribution in [1.29, 1.82) is 0 Å². The Bertz CT molecular complexity index is 548. The molecule has 0 saturated heterocycles. The standard InChI is InChI=1S/C10H15N7O2/c1-2-8-13-10(19-15-8)6-17-5-7(14-16-17)4-12-9(18)3-11/h5H,2-4,6,11H2,1H3,(H,12,18). The largest absolute Gasteiger partial charge is 0.349 e. The van der Waals surface area contributed by atoms with E-state index in [-0.39, 0.29) is 12.5 Å². The average Bonchev–Trinajstić information content (AvgIpc) is 3.05. The van der Waals surface area contributed by atoms with E-state index in [4.69, 9.17) is 10.3 Å². The van der Waals surface area contributed by atoms with Gasteiger partial charge >= 0.3 is 0 Å². The number of hydrogen-bond acceptors (Lipinski definition) is 7. The number of nitrogens with one attached hydrogen (secondary N) is 1. The van der Waals surface area contributed by atoms with Gasteiger partial charge in [0, 0.05) is 6.42 Å². The van der Waals surface area contributed by atoms with E-state index in [2.05, 4.69) is 25.8 Å². The molecule has 0 atom stereocenters. The van der Waals surface area contributed by atoms with E-state index in [1.54, 1.807) is 10.9 Å². The SMILES string of the molecule is CCc1noc(Cn2cc(CNC(=O)CN)nn2)n1. The van der Waals surface area contributed by atoms with Gasteiger partial charge in [0.2, 0.25) is 11.8 Å². The van der Waals surface area contributed by atoms with Gasteiger partial charge in [0.1, 0.15) is 12.2 Å². The van der Waals surface area contributed by atoms with Gasteiger partial charge in [-0.05, 0) is 0 Å². The molecule has 0 spiro atoms. The molecule has 0 aliphatic heterocycles. The molecule has 2 aromatic heterocycles. The number of carbonyl (C=O) groups excluding carboxylic acids is 1. The van der Waals surface area contributed by atoms with E-state index in [9.17, 15) is 4.79 Å². The van der Waals surface area contributed by atoms with Crippen LogP contribution in [-0.4, -0.2) is 37.6 Å². The second-order valence-electron chi connectivity index (χ2n) is 3.85. The molecule has 19 heavy (non-hydrogen) atoms. The second-order valence-corrected chi connectivity index (χ2v) is 3.85. The van der Waals surface area contributed by atoms with Gasteiger partial charge in [-0.1, -0.05) is 17.3 Å². The van der Waals surface area contributed by atoms with Crippen LogP contribution in [0.4, 0.5) is 0 Å². The fourth-order valence-electron chi connectivity index (χ4n) is 1.39. The van der Waals surface area contributed by atoms with E-state index < -0.39 is 0 Å². The number of nitrogens with two attached hydrogens (primary N) is 1. The van der Waals surface area contributed by atoms with Crippen molar-refractivity contribution in [1.82, 2.24) is 30.5 Å². The minimum Gasteiger partial charge on any atom is -0.349 e. The third-order valence-corrected chi connectivity index (χ3v) is 2.36. The molecule has 0 aliphatic carbocycles. The van der Waals surface area contributed by atoms with Gasteiger partial charge in [0.25, 0.3) is 0 Å². The number of nitrogens with zero attached hydrogens (tertiary/aromatic N) is 5. The molecule has 0 radical (unpaired) electrons. The summed E-state index contributed by atoms with van der Waals surface area (Å²) in [5.41, 5.74) is 5.81. The minimum atomic E-state index is -0.237. The second kappa shape index (κ2) is 6.05. The summed E-state index contributed by atoms with van der Waals surface area (Å²) in [6, 6.07) is 0. The predicted molar refractivity (Wildman–Crippen MR) is 63.7 cm³/mol. The van der Waals surface area contributed by atoms with Crippen molar-refractivity contribution in [3.63, 3.8) is 0 Å². The van der Waals surface area contributed by atoms with Crippen LogP contribution in [0, 0.1) is 0 Å². The predicted octanol–water partition coefficient (Wildman–Crippen LogP) is -1.15. The summed E-state index contributed by atoms with van der Waals surface area (Å²) in [4.78, 5) is 15.2. The fourth-order valence-corrected chi connectivity index (χ4v) is 1.39. The Hall–Kier alpha value is -2.29. The third-order valence-electron chi connectivity index (χ3n) is 2.36. The Labute approximate surface area is 109 Å². The summed E-state index contributed by atoms with van der Waals surface area (Å²) in [7, 11) is 0. The molecule has 0 bridgehead atoms. The van der Waals surface area contributed by atoms with Crippen LogP contribution >= 0.6 is 0 Å². The summed E-state index contributed by atoms with van der Waals surface area (Å²) in [6.07, 6.45) is 2.42. The van der Waals surface area contributed by atoms with Gasteiger partial charge < -0.3 is 15.6 Å². The molecule has 2 rings (SSSR count). The zero-order valence-corrected chi connectivity index (χ0v) is 10.5. The first-order valence-electron chi connectivity index (χ1n) is 5.88. The normalized spacial score (nSPS) is 10.6. The summed E-state index contributed by atoms with van der Waals surface area (Å²) in [6.45, 7) is 2.54. The van der Waals surface area contributed by atoms with Crippen LogP contribution in [0.3, 0.4) is 0 Å². The van der Waals surface area contributed by atoms with E-state index >= 15 is 0 Å². The lowest BCUT2D eigenvalue weighted by molar-refractivity contribution is -0.119. The number of aromatic nitrogens is 5. The van der Waals surface area contributed by atoms with Gasteiger partial charge in [-0.15, -0.1) is 5.10 Å². The first-order valence-corrected chi connectivity index (χ1v) is 5.88. The van der Waals surface area contributed by atoms with Gasteiger partial charge in [0.05, 0.1) is 19.3 Å². The lowest BCUT2D eigenvalue weighted by Crippen LogP contribution is -2.29. The Balaban J connectivity index is 1.91. The summed E-state index contributed by atoms with van der Waals surface area (Å²) in [5.74, 6) is 0.892. The Morgan fingerprint density at radius 2 is 2.42 bits per heavy atom. The van der Waals surface area contributed by atoms with Crippen molar-refractivity contribution < 1.29 is 9.32 Å². The fraction of sp³-hybridized carbons (Fsp3) is 0.500. The molecule has 0 saturated carbocycles. The third kappa shape index (κ3) is 3.58. The summed E-state index contributed by atoms with van der Waals surface area (Å²) < 4.78 is 6.61.